The molecule has 1 aliphatic carbocycles. The average Bonchev–Trinajstić information content (AvgIpc) is 3.34. The highest BCUT2D eigenvalue weighted by molar-refractivity contribution is 7.22. The highest BCUT2D eigenvalue weighted by atomic mass is 32.1. The molecule has 2 heterocycles. The predicted molar refractivity (Wildman–Crippen MR) is 117 cm³/mol. The van der Waals surface area contributed by atoms with Crippen LogP contribution in [0.4, 0.5) is 5.13 Å². The summed E-state index contributed by atoms with van der Waals surface area (Å²) in [6.07, 6.45) is 8.09. The number of hydrogen-bond acceptors (Lipinski definition) is 4. The number of benzene rings is 2. The molecule has 1 N–H and O–H groups in total. The molecule has 1 atom stereocenters. The van der Waals surface area contributed by atoms with Crippen molar-refractivity contribution in [2.24, 2.45) is 11.0 Å². The van der Waals surface area contributed by atoms with Crippen molar-refractivity contribution in [1.82, 2.24) is 4.98 Å². The lowest BCUT2D eigenvalue weighted by Crippen LogP contribution is -2.78. The Labute approximate surface area is 173 Å². The summed E-state index contributed by atoms with van der Waals surface area (Å²) in [5, 5.41) is 6.83. The zero-order valence-electron chi connectivity index (χ0n) is 16.1. The van der Waals surface area contributed by atoms with Gasteiger partial charge in [0.2, 0.25) is 5.13 Å². The van der Waals surface area contributed by atoms with Gasteiger partial charge in [0.05, 0.1) is 15.9 Å². The molecule has 0 spiro atoms. The van der Waals surface area contributed by atoms with Crippen LogP contribution in [0, 0.1) is 5.92 Å². The molecule has 3 aromatic rings. The maximum atomic E-state index is 13.3. The lowest BCUT2D eigenvalue weighted by molar-refractivity contribution is -0.504. The fourth-order valence-corrected chi connectivity index (χ4v) is 4.98. The van der Waals surface area contributed by atoms with Gasteiger partial charge in [-0.15, -0.1) is 0 Å². The molecular weight excluding hydrogens is 380 g/mol. The topological polar surface area (TPSA) is 59.5 Å². The molecule has 1 fully saturated rings. The van der Waals surface area contributed by atoms with E-state index in [4.69, 9.17) is 5.10 Å². The van der Waals surface area contributed by atoms with E-state index < -0.39 is 5.92 Å². The highest BCUT2D eigenvalue weighted by Crippen LogP contribution is 2.32. The minimum absolute atomic E-state index is 0.0498. The third kappa shape index (κ3) is 3.60. The van der Waals surface area contributed by atoms with Gasteiger partial charge in [-0.05, 0) is 30.5 Å². The Hall–Kier alpha value is -2.86. The Morgan fingerprint density at radius 3 is 2.55 bits per heavy atom. The molecule has 6 heteroatoms. The summed E-state index contributed by atoms with van der Waals surface area (Å²) in [6.45, 7) is 0. The van der Waals surface area contributed by atoms with Crippen LogP contribution in [0.2, 0.25) is 0 Å². The molecule has 2 aliphatic rings. The number of nitrogens with zero attached hydrogens (tertiary/aromatic N) is 3. The van der Waals surface area contributed by atoms with Crippen LogP contribution in [-0.2, 0) is 4.79 Å². The number of hydrazone groups is 1. The fraction of sp³-hybridized carbons (Fsp3) is 0.304. The number of thiazole rings is 1. The molecule has 0 bridgehead atoms. The normalized spacial score (nSPS) is 20.7. The zero-order chi connectivity index (χ0) is 19.6. The Kier molecular flexibility index (Phi) is 4.94. The standard InChI is InChI=1S/C23H22N4OS/c28-22-18(15-24-17-11-5-2-6-12-17)21(16-9-3-1-4-10-16)26-27(22)23-25-19-13-7-8-14-20(19)29-23/h1,3-4,7-10,13-15,17-18H,2,5-6,11-12H2/p+1/t18-/m1/s1. The van der Waals surface area contributed by atoms with Crippen LogP contribution in [0.25, 0.3) is 10.2 Å². The molecule has 5 nitrogen and oxygen atoms in total. The van der Waals surface area contributed by atoms with Crippen LogP contribution in [0.15, 0.2) is 59.7 Å². The summed E-state index contributed by atoms with van der Waals surface area (Å²) in [7, 11) is 0. The van der Waals surface area contributed by atoms with E-state index in [2.05, 4.69) is 9.98 Å². The van der Waals surface area contributed by atoms with Crippen LogP contribution in [-0.4, -0.2) is 28.9 Å². The second kappa shape index (κ2) is 7.87. The van der Waals surface area contributed by atoms with Crippen LogP contribution in [0.1, 0.15) is 37.7 Å². The van der Waals surface area contributed by atoms with Crippen molar-refractivity contribution in [3.63, 3.8) is 0 Å². The molecule has 1 aliphatic heterocycles. The third-order valence-electron chi connectivity index (χ3n) is 5.61. The molecule has 146 valence electrons. The lowest BCUT2D eigenvalue weighted by Gasteiger charge is -2.13. The van der Waals surface area contributed by atoms with Gasteiger partial charge >= 0.3 is 0 Å². The van der Waals surface area contributed by atoms with Crippen molar-refractivity contribution in [2.75, 3.05) is 5.01 Å². The van der Waals surface area contributed by atoms with Crippen molar-refractivity contribution < 1.29 is 9.79 Å². The van der Waals surface area contributed by atoms with Gasteiger partial charge < -0.3 is 0 Å². The van der Waals surface area contributed by atoms with E-state index in [0.29, 0.717) is 11.2 Å². The quantitative estimate of drug-likeness (QED) is 0.681. The molecule has 0 radical (unpaired) electrons. The van der Waals surface area contributed by atoms with Crippen molar-refractivity contribution in [3.8, 4) is 0 Å². The predicted octanol–water partition coefficient (Wildman–Crippen LogP) is 3.15. The zero-order valence-corrected chi connectivity index (χ0v) is 16.9. The summed E-state index contributed by atoms with van der Waals surface area (Å²) < 4.78 is 1.06. The molecule has 5 rings (SSSR count). The first-order valence-corrected chi connectivity index (χ1v) is 11.0. The number of fused-ring (bicyclic) bond motifs is 1. The molecule has 1 aromatic heterocycles. The SMILES string of the molecule is O=C1[C@H](C=[NH+]C2CCCCC2)C(c2ccccc2)=NN1c1nc2ccccc2s1. The minimum atomic E-state index is -0.411. The van der Waals surface area contributed by atoms with Crippen molar-refractivity contribution >= 4 is 44.5 Å². The first-order chi connectivity index (χ1) is 14.3. The van der Waals surface area contributed by atoms with Gasteiger partial charge in [-0.1, -0.05) is 60.2 Å². The first-order valence-electron chi connectivity index (χ1n) is 10.2. The number of carbonyl (C=O) groups excluding carboxylic acids is 1. The summed E-state index contributed by atoms with van der Waals surface area (Å²) in [5.41, 5.74) is 2.64. The Balaban J connectivity index is 1.50. The maximum absolute atomic E-state index is 13.3. The van der Waals surface area contributed by atoms with E-state index in [1.165, 1.54) is 35.6 Å². The van der Waals surface area contributed by atoms with Crippen LogP contribution < -0.4 is 10.0 Å². The van der Waals surface area contributed by atoms with Crippen molar-refractivity contribution in [2.45, 2.75) is 38.1 Å². The van der Waals surface area contributed by atoms with Crippen molar-refractivity contribution in [1.29, 1.82) is 0 Å². The van der Waals surface area contributed by atoms with E-state index in [0.717, 1.165) is 34.3 Å². The van der Waals surface area contributed by atoms with Gasteiger partial charge in [0.15, 0.2) is 12.1 Å². The van der Waals surface area contributed by atoms with Gasteiger partial charge in [0.1, 0.15) is 6.04 Å². The highest BCUT2D eigenvalue weighted by Gasteiger charge is 2.40. The van der Waals surface area contributed by atoms with Crippen LogP contribution in [0.3, 0.4) is 0 Å². The largest absolute Gasteiger partial charge is 0.271 e. The summed E-state index contributed by atoms with van der Waals surface area (Å²) in [6, 6.07) is 18.3. The Morgan fingerprint density at radius 1 is 1.00 bits per heavy atom. The summed E-state index contributed by atoms with van der Waals surface area (Å²) >= 11 is 1.50. The Bertz CT molecular complexity index is 1050. The molecule has 1 amide bonds. The number of rotatable bonds is 4. The Morgan fingerprint density at radius 2 is 1.76 bits per heavy atom. The van der Waals surface area contributed by atoms with Gasteiger partial charge in [-0.3, -0.25) is 4.79 Å². The van der Waals surface area contributed by atoms with Gasteiger partial charge in [-0.25, -0.2) is 9.98 Å². The van der Waals surface area contributed by atoms with E-state index in [1.807, 2.05) is 60.8 Å². The number of amides is 1. The summed E-state index contributed by atoms with van der Waals surface area (Å²) in [4.78, 5) is 21.5. The molecule has 1 saturated carbocycles. The number of hydrogen-bond donors (Lipinski definition) is 1. The lowest BCUT2D eigenvalue weighted by atomic mass is 9.95. The van der Waals surface area contributed by atoms with Crippen molar-refractivity contribution in [3.05, 3.63) is 60.2 Å². The third-order valence-corrected chi connectivity index (χ3v) is 6.63. The number of aromatic nitrogens is 1. The first kappa shape index (κ1) is 18.2. The molecular formula is C23H23N4OS+. The monoisotopic (exact) mass is 403 g/mol. The van der Waals surface area contributed by atoms with Crippen LogP contribution >= 0.6 is 11.3 Å². The minimum Gasteiger partial charge on any atom is -0.271 e. The second-order valence-corrected chi connectivity index (χ2v) is 8.62. The smallest absolute Gasteiger partial charge is 0.268 e. The van der Waals surface area contributed by atoms with E-state index in [9.17, 15) is 4.79 Å². The number of para-hydroxylation sites is 1. The average molecular weight is 404 g/mol. The molecule has 2 aromatic carbocycles. The molecule has 0 unspecified atom stereocenters. The molecule has 29 heavy (non-hydrogen) atoms. The van der Waals surface area contributed by atoms with E-state index >= 15 is 0 Å². The van der Waals surface area contributed by atoms with E-state index in [-0.39, 0.29) is 5.91 Å². The maximum Gasteiger partial charge on any atom is 0.268 e. The second-order valence-electron chi connectivity index (χ2n) is 7.61. The number of carbonyl (C=O) groups is 1. The van der Waals surface area contributed by atoms with Crippen LogP contribution in [0.5, 0.6) is 0 Å². The number of nitrogens with one attached hydrogen (secondary N) is 1. The number of anilines is 1. The fourth-order valence-electron chi connectivity index (χ4n) is 4.05. The van der Waals surface area contributed by atoms with Gasteiger partial charge in [0, 0.05) is 12.8 Å². The van der Waals surface area contributed by atoms with Gasteiger partial charge in [0.25, 0.3) is 5.91 Å². The van der Waals surface area contributed by atoms with Gasteiger partial charge in [-0.2, -0.15) is 10.1 Å². The summed E-state index contributed by atoms with van der Waals surface area (Å²) in [5.74, 6) is -0.461. The molecule has 0 saturated heterocycles. The van der Waals surface area contributed by atoms with E-state index in [1.54, 1.807) is 0 Å².